The number of piperidine rings is 1. The van der Waals surface area contributed by atoms with Crippen molar-refractivity contribution in [1.29, 1.82) is 0 Å². The van der Waals surface area contributed by atoms with Crippen LogP contribution in [0.3, 0.4) is 0 Å². The number of hydrogen-bond donors (Lipinski definition) is 1. The number of amides is 1. The molecule has 5 heteroatoms. The van der Waals surface area contributed by atoms with E-state index in [0.29, 0.717) is 11.6 Å². The van der Waals surface area contributed by atoms with Gasteiger partial charge in [-0.25, -0.2) is 9.97 Å². The molecule has 2 heterocycles. The minimum absolute atomic E-state index is 0.145. The molecular formula is C14H22N4O. The summed E-state index contributed by atoms with van der Waals surface area (Å²) >= 11 is 0. The Balaban J connectivity index is 2.12. The molecule has 1 aliphatic rings. The van der Waals surface area contributed by atoms with Gasteiger partial charge in [0.1, 0.15) is 5.69 Å². The third-order valence-electron chi connectivity index (χ3n) is 3.00. The average Bonchev–Trinajstić information content (AvgIpc) is 2.38. The van der Waals surface area contributed by atoms with E-state index < -0.39 is 0 Å². The lowest BCUT2D eigenvalue weighted by molar-refractivity contribution is 0.0914. The third-order valence-corrected chi connectivity index (χ3v) is 3.00. The molecule has 0 aromatic carbocycles. The Labute approximate surface area is 114 Å². The van der Waals surface area contributed by atoms with Crippen LogP contribution < -0.4 is 10.2 Å². The Morgan fingerprint density at radius 2 is 1.95 bits per heavy atom. The van der Waals surface area contributed by atoms with Crippen molar-refractivity contribution in [2.24, 2.45) is 0 Å². The number of carbonyl (C=O) groups excluding carboxylic acids is 1. The van der Waals surface area contributed by atoms with Crippen LogP contribution in [0.5, 0.6) is 0 Å². The van der Waals surface area contributed by atoms with E-state index in [1.54, 1.807) is 12.3 Å². The minimum Gasteiger partial charge on any atom is -0.346 e. The molecule has 0 bridgehead atoms. The van der Waals surface area contributed by atoms with Gasteiger partial charge < -0.3 is 10.2 Å². The van der Waals surface area contributed by atoms with Crippen LogP contribution in [-0.2, 0) is 0 Å². The van der Waals surface area contributed by atoms with Crippen LogP contribution in [0.4, 0.5) is 5.95 Å². The van der Waals surface area contributed by atoms with Gasteiger partial charge >= 0.3 is 0 Å². The smallest absolute Gasteiger partial charge is 0.270 e. The van der Waals surface area contributed by atoms with Crippen LogP contribution in [0.1, 0.15) is 50.5 Å². The molecule has 1 aliphatic heterocycles. The van der Waals surface area contributed by atoms with Crippen molar-refractivity contribution in [2.75, 3.05) is 18.0 Å². The summed E-state index contributed by atoms with van der Waals surface area (Å²) in [5.41, 5.74) is 0.179. The highest BCUT2D eigenvalue weighted by atomic mass is 16.2. The van der Waals surface area contributed by atoms with Gasteiger partial charge in [0, 0.05) is 24.8 Å². The summed E-state index contributed by atoms with van der Waals surface area (Å²) in [6, 6.07) is 1.66. The second-order valence-corrected chi connectivity index (χ2v) is 5.99. The molecule has 5 nitrogen and oxygen atoms in total. The summed E-state index contributed by atoms with van der Waals surface area (Å²) in [5, 5.41) is 2.92. The van der Waals surface area contributed by atoms with Gasteiger partial charge in [0.15, 0.2) is 0 Å². The number of hydrogen-bond acceptors (Lipinski definition) is 4. The zero-order valence-corrected chi connectivity index (χ0v) is 11.9. The van der Waals surface area contributed by atoms with Gasteiger partial charge in [-0.2, -0.15) is 0 Å². The van der Waals surface area contributed by atoms with Crippen molar-refractivity contribution < 1.29 is 4.79 Å². The predicted molar refractivity (Wildman–Crippen MR) is 75.3 cm³/mol. The molecule has 19 heavy (non-hydrogen) atoms. The molecule has 0 atom stereocenters. The first-order chi connectivity index (χ1) is 8.96. The lowest BCUT2D eigenvalue weighted by Crippen LogP contribution is -2.41. The van der Waals surface area contributed by atoms with Crippen LogP contribution in [0.25, 0.3) is 0 Å². The summed E-state index contributed by atoms with van der Waals surface area (Å²) in [5.74, 6) is 0.523. The van der Waals surface area contributed by atoms with Gasteiger partial charge in [-0.3, -0.25) is 4.79 Å². The van der Waals surface area contributed by atoms with Crippen molar-refractivity contribution in [3.05, 3.63) is 18.0 Å². The van der Waals surface area contributed by atoms with Crippen LogP contribution in [0.2, 0.25) is 0 Å². The van der Waals surface area contributed by atoms with Gasteiger partial charge in [-0.1, -0.05) is 0 Å². The van der Waals surface area contributed by atoms with Crippen LogP contribution >= 0.6 is 0 Å². The number of aromatic nitrogens is 2. The van der Waals surface area contributed by atoms with E-state index in [9.17, 15) is 4.79 Å². The quantitative estimate of drug-likeness (QED) is 0.885. The number of nitrogens with one attached hydrogen (secondary N) is 1. The Morgan fingerprint density at radius 1 is 1.26 bits per heavy atom. The van der Waals surface area contributed by atoms with Crippen molar-refractivity contribution in [2.45, 2.75) is 45.6 Å². The number of anilines is 1. The SMILES string of the molecule is CC(C)(C)NC(=O)c1ccnc(N2CCCCC2)n1. The van der Waals surface area contributed by atoms with E-state index in [1.165, 1.54) is 19.3 Å². The average molecular weight is 262 g/mol. The summed E-state index contributed by atoms with van der Waals surface area (Å²) in [6.45, 7) is 7.82. The van der Waals surface area contributed by atoms with Crippen molar-refractivity contribution in [1.82, 2.24) is 15.3 Å². The molecular weight excluding hydrogens is 240 g/mol. The van der Waals surface area contributed by atoms with E-state index >= 15 is 0 Å². The van der Waals surface area contributed by atoms with E-state index in [1.807, 2.05) is 20.8 Å². The summed E-state index contributed by atoms with van der Waals surface area (Å²) in [4.78, 5) is 22.9. The minimum atomic E-state index is -0.257. The van der Waals surface area contributed by atoms with Crippen molar-refractivity contribution >= 4 is 11.9 Å². The molecule has 0 unspecified atom stereocenters. The van der Waals surface area contributed by atoms with Crippen LogP contribution in [0.15, 0.2) is 12.3 Å². The first-order valence-electron chi connectivity index (χ1n) is 6.86. The predicted octanol–water partition coefficient (Wildman–Crippen LogP) is 2.00. The lowest BCUT2D eigenvalue weighted by atomic mass is 10.1. The van der Waals surface area contributed by atoms with Crippen LogP contribution in [0, 0.1) is 0 Å². The Hall–Kier alpha value is -1.65. The standard InChI is InChI=1S/C14H22N4O/c1-14(2,3)17-12(19)11-7-8-15-13(16-11)18-9-5-4-6-10-18/h7-8H,4-6,9-10H2,1-3H3,(H,17,19). The van der Waals surface area contributed by atoms with E-state index in [4.69, 9.17) is 0 Å². The van der Waals surface area contributed by atoms with Crippen molar-refractivity contribution in [3.63, 3.8) is 0 Å². The molecule has 2 rings (SSSR count). The van der Waals surface area contributed by atoms with Crippen molar-refractivity contribution in [3.8, 4) is 0 Å². The molecule has 0 aliphatic carbocycles. The van der Waals surface area contributed by atoms with E-state index in [-0.39, 0.29) is 11.4 Å². The summed E-state index contributed by atoms with van der Waals surface area (Å²) in [7, 11) is 0. The van der Waals surface area contributed by atoms with E-state index in [2.05, 4.69) is 20.2 Å². The molecule has 104 valence electrons. The maximum atomic E-state index is 12.1. The molecule has 1 saturated heterocycles. The zero-order valence-electron chi connectivity index (χ0n) is 11.9. The Morgan fingerprint density at radius 3 is 2.58 bits per heavy atom. The first-order valence-corrected chi connectivity index (χ1v) is 6.86. The largest absolute Gasteiger partial charge is 0.346 e. The second kappa shape index (κ2) is 5.55. The molecule has 1 aromatic heterocycles. The van der Waals surface area contributed by atoms with Gasteiger partial charge in [0.25, 0.3) is 5.91 Å². The molecule has 0 spiro atoms. The monoisotopic (exact) mass is 262 g/mol. The first kappa shape index (κ1) is 13.8. The lowest BCUT2D eigenvalue weighted by Gasteiger charge is -2.27. The third kappa shape index (κ3) is 3.91. The van der Waals surface area contributed by atoms with Gasteiger partial charge in [0.2, 0.25) is 5.95 Å². The second-order valence-electron chi connectivity index (χ2n) is 5.99. The highest BCUT2D eigenvalue weighted by molar-refractivity contribution is 5.92. The highest BCUT2D eigenvalue weighted by Gasteiger charge is 2.19. The topological polar surface area (TPSA) is 58.1 Å². The summed E-state index contributed by atoms with van der Waals surface area (Å²) in [6.07, 6.45) is 5.26. The van der Waals surface area contributed by atoms with Gasteiger partial charge in [0.05, 0.1) is 0 Å². The maximum absolute atomic E-state index is 12.1. The molecule has 0 saturated carbocycles. The van der Waals surface area contributed by atoms with E-state index in [0.717, 1.165) is 13.1 Å². The number of carbonyl (C=O) groups is 1. The Kier molecular flexibility index (Phi) is 4.02. The maximum Gasteiger partial charge on any atom is 0.270 e. The molecule has 0 radical (unpaired) electrons. The number of rotatable bonds is 2. The molecule has 1 amide bonds. The number of nitrogens with zero attached hydrogens (tertiary/aromatic N) is 3. The molecule has 1 fully saturated rings. The Bertz CT molecular complexity index is 447. The zero-order chi connectivity index (χ0) is 13.9. The fourth-order valence-corrected chi connectivity index (χ4v) is 2.13. The molecule has 1 aromatic rings. The fourth-order valence-electron chi connectivity index (χ4n) is 2.13. The summed E-state index contributed by atoms with van der Waals surface area (Å²) < 4.78 is 0. The van der Waals surface area contributed by atoms with Gasteiger partial charge in [-0.15, -0.1) is 0 Å². The highest BCUT2D eigenvalue weighted by Crippen LogP contribution is 2.15. The van der Waals surface area contributed by atoms with Crippen LogP contribution in [-0.4, -0.2) is 34.5 Å². The van der Waals surface area contributed by atoms with Gasteiger partial charge in [-0.05, 0) is 46.1 Å². The molecule has 1 N–H and O–H groups in total. The normalized spacial score (nSPS) is 16.3. The fraction of sp³-hybridized carbons (Fsp3) is 0.643.